The summed E-state index contributed by atoms with van der Waals surface area (Å²) in [5.41, 5.74) is 0.262. The minimum atomic E-state index is -0.442. The first-order chi connectivity index (χ1) is 9.63. The third kappa shape index (κ3) is 2.97. The number of H-pyrrole nitrogens is 1. The van der Waals surface area contributed by atoms with Crippen molar-refractivity contribution in [2.45, 2.75) is 6.92 Å². The smallest absolute Gasteiger partial charge is 0.337 e. The summed E-state index contributed by atoms with van der Waals surface area (Å²) >= 11 is 0. The number of methoxy groups -OCH3 is 1. The van der Waals surface area contributed by atoms with Crippen LogP contribution in [0.25, 0.3) is 0 Å². The fourth-order valence-corrected chi connectivity index (χ4v) is 1.51. The minimum Gasteiger partial charge on any atom is -0.504 e. The van der Waals surface area contributed by atoms with Gasteiger partial charge in [0.1, 0.15) is 0 Å². The van der Waals surface area contributed by atoms with E-state index in [-0.39, 0.29) is 23.3 Å². The molecule has 8 heteroatoms. The van der Waals surface area contributed by atoms with Gasteiger partial charge in [0.25, 0.3) is 5.91 Å². The summed E-state index contributed by atoms with van der Waals surface area (Å²) in [6, 6.07) is 4.47. The SMILES string of the molecule is CCOc1n[nH]c(NC(=O)c2ccc(OC)c(O)c2)n1. The Hall–Kier alpha value is -2.77. The van der Waals surface area contributed by atoms with E-state index in [2.05, 4.69) is 20.5 Å². The number of aromatic amines is 1. The van der Waals surface area contributed by atoms with E-state index in [1.165, 1.54) is 25.3 Å². The van der Waals surface area contributed by atoms with E-state index in [1.807, 2.05) is 0 Å². The van der Waals surface area contributed by atoms with Crippen molar-refractivity contribution in [3.8, 4) is 17.5 Å². The van der Waals surface area contributed by atoms with E-state index in [9.17, 15) is 9.90 Å². The van der Waals surface area contributed by atoms with Crippen LogP contribution in [0.1, 0.15) is 17.3 Å². The molecule has 2 aromatic rings. The molecule has 0 saturated carbocycles. The maximum atomic E-state index is 11.9. The van der Waals surface area contributed by atoms with Crippen molar-refractivity contribution in [2.75, 3.05) is 19.0 Å². The van der Waals surface area contributed by atoms with Gasteiger partial charge in [-0.3, -0.25) is 10.1 Å². The van der Waals surface area contributed by atoms with Crippen LogP contribution in [0.3, 0.4) is 0 Å². The summed E-state index contributed by atoms with van der Waals surface area (Å²) in [6.45, 7) is 2.23. The highest BCUT2D eigenvalue weighted by Crippen LogP contribution is 2.26. The highest BCUT2D eigenvalue weighted by Gasteiger charge is 2.12. The van der Waals surface area contributed by atoms with Crippen LogP contribution in [-0.2, 0) is 0 Å². The maximum Gasteiger partial charge on any atom is 0.337 e. The summed E-state index contributed by atoms with van der Waals surface area (Å²) in [7, 11) is 1.43. The number of ether oxygens (including phenoxy) is 2. The Morgan fingerprint density at radius 2 is 2.30 bits per heavy atom. The van der Waals surface area contributed by atoms with Gasteiger partial charge in [0.05, 0.1) is 13.7 Å². The first kappa shape index (κ1) is 13.7. The lowest BCUT2D eigenvalue weighted by atomic mass is 10.2. The summed E-state index contributed by atoms with van der Waals surface area (Å²) in [5.74, 6) is -0.108. The Bertz CT molecular complexity index is 611. The fourth-order valence-electron chi connectivity index (χ4n) is 1.51. The third-order valence-electron chi connectivity index (χ3n) is 2.41. The Morgan fingerprint density at radius 3 is 2.95 bits per heavy atom. The summed E-state index contributed by atoms with van der Waals surface area (Å²) in [6.07, 6.45) is 0. The first-order valence-corrected chi connectivity index (χ1v) is 5.87. The predicted octanol–water partition coefficient (Wildman–Crippen LogP) is 1.17. The number of nitrogens with one attached hydrogen (secondary N) is 2. The number of aromatic hydroxyl groups is 1. The second-order valence-corrected chi connectivity index (χ2v) is 3.74. The number of nitrogens with zero attached hydrogens (tertiary/aromatic N) is 2. The van der Waals surface area contributed by atoms with Gasteiger partial charge in [0, 0.05) is 5.56 Å². The van der Waals surface area contributed by atoms with E-state index in [1.54, 1.807) is 6.92 Å². The van der Waals surface area contributed by atoms with Gasteiger partial charge in [0.2, 0.25) is 5.95 Å². The number of benzene rings is 1. The molecule has 0 atom stereocenters. The van der Waals surface area contributed by atoms with E-state index >= 15 is 0 Å². The van der Waals surface area contributed by atoms with E-state index in [0.29, 0.717) is 12.4 Å². The number of amides is 1. The molecule has 0 aliphatic carbocycles. The van der Waals surface area contributed by atoms with Gasteiger partial charge in [-0.25, -0.2) is 5.10 Å². The van der Waals surface area contributed by atoms with Gasteiger partial charge in [-0.1, -0.05) is 0 Å². The molecular formula is C12H14N4O4. The largest absolute Gasteiger partial charge is 0.504 e. The van der Waals surface area contributed by atoms with Gasteiger partial charge in [-0.05, 0) is 25.1 Å². The molecule has 0 aliphatic rings. The number of anilines is 1. The Balaban J connectivity index is 2.09. The lowest BCUT2D eigenvalue weighted by Crippen LogP contribution is -2.13. The zero-order valence-electron chi connectivity index (χ0n) is 11.0. The van der Waals surface area contributed by atoms with Crippen LogP contribution >= 0.6 is 0 Å². The second-order valence-electron chi connectivity index (χ2n) is 3.74. The molecule has 0 aliphatic heterocycles. The van der Waals surface area contributed by atoms with Crippen molar-refractivity contribution in [3.05, 3.63) is 23.8 Å². The first-order valence-electron chi connectivity index (χ1n) is 5.87. The maximum absolute atomic E-state index is 11.9. The van der Waals surface area contributed by atoms with Crippen LogP contribution in [0.5, 0.6) is 17.5 Å². The molecule has 0 bridgehead atoms. The summed E-state index contributed by atoms with van der Waals surface area (Å²) < 4.78 is 9.96. The molecule has 2 rings (SSSR count). The lowest BCUT2D eigenvalue weighted by Gasteiger charge is -2.05. The normalized spacial score (nSPS) is 10.1. The number of carbonyl (C=O) groups excluding carboxylic acids is 1. The topological polar surface area (TPSA) is 109 Å². The molecule has 0 fully saturated rings. The van der Waals surface area contributed by atoms with E-state index < -0.39 is 5.91 Å². The molecule has 106 valence electrons. The molecule has 1 amide bonds. The second kappa shape index (κ2) is 5.91. The van der Waals surface area contributed by atoms with Gasteiger partial charge in [-0.2, -0.15) is 4.98 Å². The summed E-state index contributed by atoms with van der Waals surface area (Å²) in [5, 5.41) is 18.4. The lowest BCUT2D eigenvalue weighted by molar-refractivity contribution is 0.102. The number of hydrogen-bond acceptors (Lipinski definition) is 6. The molecule has 1 aromatic carbocycles. The van der Waals surface area contributed by atoms with Crippen LogP contribution < -0.4 is 14.8 Å². The molecule has 1 aromatic heterocycles. The molecular weight excluding hydrogens is 264 g/mol. The number of rotatable bonds is 5. The van der Waals surface area contributed by atoms with Gasteiger partial charge in [0.15, 0.2) is 11.5 Å². The standard InChI is InChI=1S/C12H14N4O4/c1-3-20-12-14-11(15-16-12)13-10(18)7-4-5-9(19-2)8(17)6-7/h4-6,17H,3H2,1-2H3,(H2,13,14,15,16,18). The number of aromatic nitrogens is 3. The Morgan fingerprint density at radius 1 is 1.50 bits per heavy atom. The van der Waals surface area contributed by atoms with Crippen molar-refractivity contribution in [3.63, 3.8) is 0 Å². The highest BCUT2D eigenvalue weighted by molar-refractivity contribution is 6.03. The quantitative estimate of drug-likeness (QED) is 0.757. The highest BCUT2D eigenvalue weighted by atomic mass is 16.5. The van der Waals surface area contributed by atoms with Crippen LogP contribution in [0, 0.1) is 0 Å². The molecule has 20 heavy (non-hydrogen) atoms. The number of carbonyl (C=O) groups is 1. The van der Waals surface area contributed by atoms with Crippen LogP contribution in [0.4, 0.5) is 5.95 Å². The van der Waals surface area contributed by atoms with Crippen molar-refractivity contribution in [1.82, 2.24) is 15.2 Å². The zero-order chi connectivity index (χ0) is 14.5. The molecule has 0 spiro atoms. The molecule has 0 unspecified atom stereocenters. The van der Waals surface area contributed by atoms with Crippen LogP contribution in [-0.4, -0.2) is 39.9 Å². The average molecular weight is 278 g/mol. The molecule has 8 nitrogen and oxygen atoms in total. The number of phenols is 1. The van der Waals surface area contributed by atoms with Crippen LogP contribution in [0.2, 0.25) is 0 Å². The van der Waals surface area contributed by atoms with Crippen molar-refractivity contribution in [1.29, 1.82) is 0 Å². The summed E-state index contributed by atoms with van der Waals surface area (Å²) in [4.78, 5) is 15.9. The van der Waals surface area contributed by atoms with Crippen LogP contribution in [0.15, 0.2) is 18.2 Å². The minimum absolute atomic E-state index is 0.118. The Kier molecular flexibility index (Phi) is 4.04. The number of hydrogen-bond donors (Lipinski definition) is 3. The molecule has 3 N–H and O–H groups in total. The third-order valence-corrected chi connectivity index (χ3v) is 2.41. The molecule has 0 saturated heterocycles. The van der Waals surface area contributed by atoms with Crippen molar-refractivity contribution >= 4 is 11.9 Å². The van der Waals surface area contributed by atoms with Gasteiger partial charge < -0.3 is 14.6 Å². The monoisotopic (exact) mass is 278 g/mol. The molecule has 1 heterocycles. The average Bonchev–Trinajstić information content (AvgIpc) is 2.86. The van der Waals surface area contributed by atoms with Crippen molar-refractivity contribution < 1.29 is 19.4 Å². The van der Waals surface area contributed by atoms with Gasteiger partial charge >= 0.3 is 6.01 Å². The number of phenolic OH excluding ortho intramolecular Hbond substituents is 1. The molecule has 0 radical (unpaired) electrons. The van der Waals surface area contributed by atoms with Crippen molar-refractivity contribution in [2.24, 2.45) is 0 Å². The fraction of sp³-hybridized carbons (Fsp3) is 0.250. The predicted molar refractivity (Wildman–Crippen MR) is 70.2 cm³/mol. The van der Waals surface area contributed by atoms with E-state index in [4.69, 9.17) is 9.47 Å². The van der Waals surface area contributed by atoms with Gasteiger partial charge in [-0.15, -0.1) is 5.10 Å². The van der Waals surface area contributed by atoms with E-state index in [0.717, 1.165) is 0 Å². The Labute approximate surface area is 114 Å². The zero-order valence-corrected chi connectivity index (χ0v) is 11.0.